The Labute approximate surface area is 128 Å². The molecule has 2 N–H and O–H groups in total. The van der Waals surface area contributed by atoms with Gasteiger partial charge in [-0.15, -0.1) is 5.10 Å². The largest absolute Gasteiger partial charge is 0.487 e. The Morgan fingerprint density at radius 2 is 2.18 bits per heavy atom. The summed E-state index contributed by atoms with van der Waals surface area (Å²) in [5.41, 5.74) is 2.75. The van der Waals surface area contributed by atoms with Crippen molar-refractivity contribution in [3.8, 4) is 11.8 Å². The number of aryl methyl sites for hydroxylation is 1. The predicted molar refractivity (Wildman–Crippen MR) is 78.1 cm³/mol. The molecule has 116 valence electrons. The van der Waals surface area contributed by atoms with Gasteiger partial charge in [0.05, 0.1) is 19.3 Å². The minimum absolute atomic E-state index is 0.0523. The zero-order valence-corrected chi connectivity index (χ0v) is 12.5. The fourth-order valence-corrected chi connectivity index (χ4v) is 1.99. The Morgan fingerprint density at radius 1 is 1.41 bits per heavy atom. The van der Waals surface area contributed by atoms with Gasteiger partial charge >= 0.3 is 0 Å². The van der Waals surface area contributed by atoms with E-state index in [1.165, 1.54) is 4.68 Å². The van der Waals surface area contributed by atoms with Crippen molar-refractivity contribution < 1.29 is 14.9 Å². The van der Waals surface area contributed by atoms with Crippen molar-refractivity contribution in [2.75, 3.05) is 6.61 Å². The number of ether oxygens (including phenoxy) is 1. The topological polar surface area (TPSA) is 104 Å². The van der Waals surface area contributed by atoms with Crippen LogP contribution in [0, 0.1) is 25.2 Å². The molecule has 1 atom stereocenters. The lowest BCUT2D eigenvalue weighted by Crippen LogP contribution is -2.22. The number of nitriles is 1. The molecule has 1 unspecified atom stereocenters. The van der Waals surface area contributed by atoms with Gasteiger partial charge in [0.2, 0.25) is 0 Å². The number of aliphatic hydroxyl groups is 2. The Morgan fingerprint density at radius 3 is 2.86 bits per heavy atom. The standard InChI is InChI=1S/C15H18N4O3/c1-10-4-3-5-15(11(10)2)22-9-14-13(6-16)17-18-19(14)7-12(21)8-20/h3-5,12,20-21H,7-9H2,1-2H3. The maximum Gasteiger partial charge on any atom is 0.189 e. The van der Waals surface area contributed by atoms with E-state index in [2.05, 4.69) is 10.3 Å². The predicted octanol–water partition coefficient (Wildman–Crippen LogP) is 0.699. The SMILES string of the molecule is Cc1cccc(OCc2c(C#N)nnn2CC(O)CO)c1C. The number of hydrogen-bond donors (Lipinski definition) is 2. The van der Waals surface area contributed by atoms with E-state index in [0.29, 0.717) is 5.69 Å². The molecule has 0 aliphatic heterocycles. The van der Waals surface area contributed by atoms with Crippen molar-refractivity contribution in [1.82, 2.24) is 15.0 Å². The van der Waals surface area contributed by atoms with Gasteiger partial charge in [0, 0.05) is 0 Å². The average Bonchev–Trinajstić information content (AvgIpc) is 2.90. The molecule has 0 aliphatic carbocycles. The van der Waals surface area contributed by atoms with Crippen molar-refractivity contribution in [3.05, 3.63) is 40.7 Å². The van der Waals surface area contributed by atoms with Gasteiger partial charge in [-0.25, -0.2) is 4.68 Å². The van der Waals surface area contributed by atoms with Gasteiger partial charge in [-0.3, -0.25) is 0 Å². The van der Waals surface area contributed by atoms with Crippen LogP contribution in [0.2, 0.25) is 0 Å². The maximum absolute atomic E-state index is 9.52. The second-order valence-electron chi connectivity index (χ2n) is 5.00. The van der Waals surface area contributed by atoms with Gasteiger partial charge in [-0.2, -0.15) is 5.26 Å². The number of rotatable bonds is 6. The quantitative estimate of drug-likeness (QED) is 0.814. The second kappa shape index (κ2) is 7.02. The molecule has 1 aromatic heterocycles. The summed E-state index contributed by atoms with van der Waals surface area (Å²) in [5, 5.41) is 35.1. The Hall–Kier alpha value is -2.43. The molecular formula is C15H18N4O3. The van der Waals surface area contributed by atoms with E-state index in [4.69, 9.17) is 15.1 Å². The molecule has 0 saturated heterocycles. The molecule has 0 amide bonds. The van der Waals surface area contributed by atoms with E-state index in [0.717, 1.165) is 16.9 Å². The van der Waals surface area contributed by atoms with Gasteiger partial charge in [0.25, 0.3) is 0 Å². The fraction of sp³-hybridized carbons (Fsp3) is 0.400. The first-order chi connectivity index (χ1) is 10.6. The summed E-state index contributed by atoms with van der Waals surface area (Å²) in [7, 11) is 0. The lowest BCUT2D eigenvalue weighted by atomic mass is 10.1. The van der Waals surface area contributed by atoms with E-state index in [1.807, 2.05) is 38.1 Å². The van der Waals surface area contributed by atoms with Crippen molar-refractivity contribution in [2.24, 2.45) is 0 Å². The van der Waals surface area contributed by atoms with Gasteiger partial charge in [-0.1, -0.05) is 17.3 Å². The van der Waals surface area contributed by atoms with Crippen LogP contribution in [0.3, 0.4) is 0 Å². The fourth-order valence-electron chi connectivity index (χ4n) is 1.99. The molecule has 7 heteroatoms. The molecule has 0 bridgehead atoms. The highest BCUT2D eigenvalue weighted by Crippen LogP contribution is 2.22. The van der Waals surface area contributed by atoms with Crippen LogP contribution in [0.5, 0.6) is 5.75 Å². The summed E-state index contributed by atoms with van der Waals surface area (Å²) in [6, 6.07) is 7.69. The zero-order chi connectivity index (χ0) is 16.1. The average molecular weight is 302 g/mol. The summed E-state index contributed by atoms with van der Waals surface area (Å²) in [5.74, 6) is 0.722. The minimum Gasteiger partial charge on any atom is -0.487 e. The van der Waals surface area contributed by atoms with E-state index >= 15 is 0 Å². The first-order valence-electron chi connectivity index (χ1n) is 6.87. The number of aliphatic hydroxyl groups excluding tert-OH is 2. The normalized spacial score (nSPS) is 12.0. The van der Waals surface area contributed by atoms with E-state index < -0.39 is 6.10 Å². The molecule has 2 rings (SSSR count). The van der Waals surface area contributed by atoms with Crippen LogP contribution in [0.4, 0.5) is 0 Å². The van der Waals surface area contributed by atoms with Gasteiger partial charge in [0.15, 0.2) is 5.69 Å². The molecule has 7 nitrogen and oxygen atoms in total. The van der Waals surface area contributed by atoms with Crippen molar-refractivity contribution >= 4 is 0 Å². The second-order valence-corrected chi connectivity index (χ2v) is 5.00. The van der Waals surface area contributed by atoms with Crippen LogP contribution in [0.15, 0.2) is 18.2 Å². The molecule has 1 heterocycles. The van der Waals surface area contributed by atoms with Crippen LogP contribution in [-0.2, 0) is 13.2 Å². The third-order valence-electron chi connectivity index (χ3n) is 3.46. The highest BCUT2D eigenvalue weighted by Gasteiger charge is 2.16. The molecule has 0 saturated carbocycles. The monoisotopic (exact) mass is 302 g/mol. The third kappa shape index (κ3) is 3.42. The molecule has 0 aliphatic rings. The van der Waals surface area contributed by atoms with E-state index in [-0.39, 0.29) is 25.5 Å². The lowest BCUT2D eigenvalue weighted by Gasteiger charge is -2.13. The summed E-state index contributed by atoms with van der Waals surface area (Å²) < 4.78 is 7.14. The summed E-state index contributed by atoms with van der Waals surface area (Å²) in [4.78, 5) is 0. The molecule has 1 aromatic carbocycles. The highest BCUT2D eigenvalue weighted by molar-refractivity contribution is 5.38. The number of nitrogens with zero attached hydrogens (tertiary/aromatic N) is 4. The third-order valence-corrected chi connectivity index (χ3v) is 3.46. The molecule has 0 spiro atoms. The summed E-state index contributed by atoms with van der Waals surface area (Å²) in [6.07, 6.45) is -0.965. The first kappa shape index (κ1) is 15.9. The molecular weight excluding hydrogens is 284 g/mol. The molecule has 0 fully saturated rings. The molecule has 22 heavy (non-hydrogen) atoms. The van der Waals surface area contributed by atoms with E-state index in [1.54, 1.807) is 0 Å². The van der Waals surface area contributed by atoms with Crippen LogP contribution >= 0.6 is 0 Å². The minimum atomic E-state index is -0.965. The summed E-state index contributed by atoms with van der Waals surface area (Å²) >= 11 is 0. The highest BCUT2D eigenvalue weighted by atomic mass is 16.5. The Bertz CT molecular complexity index is 691. The number of aromatic nitrogens is 3. The molecule has 0 radical (unpaired) electrons. The number of hydrogen-bond acceptors (Lipinski definition) is 6. The first-order valence-corrected chi connectivity index (χ1v) is 6.87. The number of benzene rings is 1. The van der Waals surface area contributed by atoms with Crippen molar-refractivity contribution in [1.29, 1.82) is 5.26 Å². The smallest absolute Gasteiger partial charge is 0.189 e. The van der Waals surface area contributed by atoms with Crippen molar-refractivity contribution in [3.63, 3.8) is 0 Å². The van der Waals surface area contributed by atoms with Gasteiger partial charge < -0.3 is 14.9 Å². The zero-order valence-electron chi connectivity index (χ0n) is 12.5. The molecule has 2 aromatic rings. The maximum atomic E-state index is 9.52. The van der Waals surface area contributed by atoms with Crippen LogP contribution in [-0.4, -0.2) is 37.9 Å². The van der Waals surface area contributed by atoms with E-state index in [9.17, 15) is 5.11 Å². The van der Waals surface area contributed by atoms with Gasteiger partial charge in [0.1, 0.15) is 24.1 Å². The summed E-state index contributed by atoms with van der Waals surface area (Å²) in [6.45, 7) is 3.72. The Kier molecular flexibility index (Phi) is 5.09. The van der Waals surface area contributed by atoms with Crippen LogP contribution < -0.4 is 4.74 Å². The Balaban J connectivity index is 2.20. The van der Waals surface area contributed by atoms with Gasteiger partial charge in [-0.05, 0) is 31.0 Å². The van der Waals surface area contributed by atoms with Crippen LogP contribution in [0.25, 0.3) is 0 Å². The van der Waals surface area contributed by atoms with Crippen LogP contribution in [0.1, 0.15) is 22.5 Å². The van der Waals surface area contributed by atoms with Crippen molar-refractivity contribution in [2.45, 2.75) is 33.1 Å². The lowest BCUT2D eigenvalue weighted by molar-refractivity contribution is 0.0761.